The van der Waals surface area contributed by atoms with Crippen LogP contribution < -0.4 is 5.32 Å². The molecule has 2 rings (SSSR count). The van der Waals surface area contributed by atoms with E-state index in [0.717, 1.165) is 37.0 Å². The molecule has 1 aliphatic carbocycles. The number of allylic oxidation sites excluding steroid dienone is 1. The van der Waals surface area contributed by atoms with E-state index >= 15 is 0 Å². The van der Waals surface area contributed by atoms with Crippen LogP contribution in [0.5, 0.6) is 0 Å². The number of ether oxygens (including phenoxy) is 3. The molecule has 0 aromatic heterocycles. The van der Waals surface area contributed by atoms with Gasteiger partial charge in [0.15, 0.2) is 0 Å². The molecule has 248 valence electrons. The lowest BCUT2D eigenvalue weighted by atomic mass is 9.68. The molecule has 0 radical (unpaired) electrons. The van der Waals surface area contributed by atoms with Gasteiger partial charge in [0.05, 0.1) is 37.0 Å². The van der Waals surface area contributed by atoms with Crippen molar-refractivity contribution >= 4 is 18.1 Å². The number of imide groups is 1. The highest BCUT2D eigenvalue weighted by Gasteiger charge is 2.51. The molecule has 0 spiro atoms. The summed E-state index contributed by atoms with van der Waals surface area (Å²) < 4.78 is 17.3. The molecule has 2 aliphatic rings. The van der Waals surface area contributed by atoms with Gasteiger partial charge < -0.3 is 19.5 Å². The minimum Gasteiger partial charge on any atom is -0.463 e. The number of nitrogens with zero attached hydrogens (tertiary/aromatic N) is 1. The van der Waals surface area contributed by atoms with E-state index in [1.807, 2.05) is 13.8 Å². The predicted octanol–water partition coefficient (Wildman–Crippen LogP) is 9.07. The molecule has 0 saturated heterocycles. The maximum Gasteiger partial charge on any atom is 0.418 e. The van der Waals surface area contributed by atoms with E-state index in [4.69, 9.17) is 14.2 Å². The fourth-order valence-corrected chi connectivity index (χ4v) is 7.00. The SMILES string of the molecule is CCCCCCCCCCCCCCCC1CCCC(OC(C)C)C1C1C(C(=O)OCC)=C(C)NC(=O)N1C(=O)OCC. The third-order valence-corrected chi connectivity index (χ3v) is 8.98. The number of hydrogen-bond donors (Lipinski definition) is 1. The number of carbonyl (C=O) groups is 3. The van der Waals surface area contributed by atoms with E-state index in [0.29, 0.717) is 11.3 Å². The summed E-state index contributed by atoms with van der Waals surface area (Å²) in [5, 5.41) is 2.72. The Kier molecular flexibility index (Phi) is 17.9. The Balaban J connectivity index is 2.12. The number of carbonyl (C=O) groups excluding carboxylic acids is 3. The van der Waals surface area contributed by atoms with Gasteiger partial charge in [-0.05, 0) is 59.8 Å². The summed E-state index contributed by atoms with van der Waals surface area (Å²) in [7, 11) is 0. The Hall–Kier alpha value is -2.09. The Morgan fingerprint density at radius 1 is 0.837 bits per heavy atom. The second kappa shape index (κ2) is 20.8. The second-order valence-electron chi connectivity index (χ2n) is 12.7. The Labute approximate surface area is 262 Å². The van der Waals surface area contributed by atoms with Crippen molar-refractivity contribution in [2.45, 2.75) is 169 Å². The van der Waals surface area contributed by atoms with Crippen LogP contribution in [0, 0.1) is 11.8 Å². The zero-order valence-electron chi connectivity index (χ0n) is 28.2. The first kappa shape index (κ1) is 37.1. The average Bonchev–Trinajstić information content (AvgIpc) is 2.95. The van der Waals surface area contributed by atoms with Crippen LogP contribution in [-0.2, 0) is 19.0 Å². The maximum absolute atomic E-state index is 13.4. The summed E-state index contributed by atoms with van der Waals surface area (Å²) in [6, 6.07) is -1.37. The van der Waals surface area contributed by atoms with Crippen molar-refractivity contribution < 1.29 is 28.6 Å². The Morgan fingerprint density at radius 2 is 1.40 bits per heavy atom. The molecule has 4 unspecified atom stereocenters. The third-order valence-electron chi connectivity index (χ3n) is 8.98. The molecule has 1 N–H and O–H groups in total. The van der Waals surface area contributed by atoms with E-state index in [1.54, 1.807) is 20.8 Å². The monoisotopic (exact) mass is 606 g/mol. The molecular formula is C35H62N2O6. The van der Waals surface area contributed by atoms with E-state index < -0.39 is 24.1 Å². The number of hydrogen-bond acceptors (Lipinski definition) is 6. The first-order chi connectivity index (χ1) is 20.8. The summed E-state index contributed by atoms with van der Waals surface area (Å²) in [6.07, 6.45) is 19.8. The molecular weight excluding hydrogens is 544 g/mol. The van der Waals surface area contributed by atoms with Gasteiger partial charge in [-0.2, -0.15) is 0 Å². The molecule has 8 nitrogen and oxygen atoms in total. The molecule has 0 aromatic rings. The molecule has 0 bridgehead atoms. The van der Waals surface area contributed by atoms with Crippen LogP contribution >= 0.6 is 0 Å². The fraction of sp³-hybridized carbons (Fsp3) is 0.857. The lowest BCUT2D eigenvalue weighted by molar-refractivity contribution is -0.140. The van der Waals surface area contributed by atoms with Crippen molar-refractivity contribution in [2.75, 3.05) is 13.2 Å². The lowest BCUT2D eigenvalue weighted by Gasteiger charge is -2.47. The predicted molar refractivity (Wildman–Crippen MR) is 172 cm³/mol. The molecule has 8 heteroatoms. The quantitative estimate of drug-likeness (QED) is 0.110. The Morgan fingerprint density at radius 3 is 1.93 bits per heavy atom. The third kappa shape index (κ3) is 12.1. The second-order valence-corrected chi connectivity index (χ2v) is 12.7. The van der Waals surface area contributed by atoms with Gasteiger partial charge in [-0.25, -0.2) is 19.3 Å². The number of nitrogens with one attached hydrogen (secondary N) is 1. The van der Waals surface area contributed by atoms with Crippen molar-refractivity contribution in [3.05, 3.63) is 11.3 Å². The van der Waals surface area contributed by atoms with E-state index in [2.05, 4.69) is 12.2 Å². The van der Waals surface area contributed by atoms with Crippen LogP contribution in [0.1, 0.15) is 151 Å². The highest BCUT2D eigenvalue weighted by molar-refractivity contribution is 6.00. The van der Waals surface area contributed by atoms with Gasteiger partial charge in [-0.15, -0.1) is 0 Å². The van der Waals surface area contributed by atoms with Gasteiger partial charge in [0.1, 0.15) is 0 Å². The maximum atomic E-state index is 13.4. The summed E-state index contributed by atoms with van der Waals surface area (Å²) in [5.41, 5.74) is 0.761. The van der Waals surface area contributed by atoms with Gasteiger partial charge in [0.25, 0.3) is 0 Å². The van der Waals surface area contributed by atoms with E-state index in [9.17, 15) is 14.4 Å². The number of esters is 1. The molecule has 3 amide bonds. The average molecular weight is 607 g/mol. The van der Waals surface area contributed by atoms with Crippen molar-refractivity contribution in [3.8, 4) is 0 Å². The summed E-state index contributed by atoms with van der Waals surface area (Å²) in [4.78, 5) is 41.0. The van der Waals surface area contributed by atoms with Gasteiger partial charge in [-0.1, -0.05) is 96.8 Å². The molecule has 1 fully saturated rings. The molecule has 1 saturated carbocycles. The van der Waals surface area contributed by atoms with Gasteiger partial charge in [0, 0.05) is 11.6 Å². The number of unbranched alkanes of at least 4 members (excludes halogenated alkanes) is 12. The minimum absolute atomic E-state index is 0.0211. The van der Waals surface area contributed by atoms with Gasteiger partial charge >= 0.3 is 18.1 Å². The number of urea groups is 1. The van der Waals surface area contributed by atoms with Gasteiger partial charge in [-0.3, -0.25) is 0 Å². The van der Waals surface area contributed by atoms with Crippen LogP contribution in [0.2, 0.25) is 0 Å². The highest BCUT2D eigenvalue weighted by Crippen LogP contribution is 2.43. The zero-order valence-corrected chi connectivity index (χ0v) is 28.2. The Bertz CT molecular complexity index is 872. The molecule has 0 aromatic carbocycles. The first-order valence-corrected chi connectivity index (χ1v) is 17.6. The number of rotatable bonds is 20. The van der Waals surface area contributed by atoms with Crippen molar-refractivity contribution in [3.63, 3.8) is 0 Å². The fourth-order valence-electron chi connectivity index (χ4n) is 7.00. The molecule has 1 heterocycles. The summed E-state index contributed by atoms with van der Waals surface area (Å²) >= 11 is 0. The molecule has 1 aliphatic heterocycles. The minimum atomic E-state index is -0.803. The topological polar surface area (TPSA) is 94.2 Å². The number of amides is 3. The van der Waals surface area contributed by atoms with Crippen LogP contribution in [-0.4, -0.2) is 54.5 Å². The molecule has 4 atom stereocenters. The van der Waals surface area contributed by atoms with Crippen molar-refractivity contribution in [2.24, 2.45) is 11.8 Å². The smallest absolute Gasteiger partial charge is 0.418 e. The largest absolute Gasteiger partial charge is 0.463 e. The lowest BCUT2D eigenvalue weighted by Crippen LogP contribution is -2.61. The van der Waals surface area contributed by atoms with Crippen LogP contribution in [0.4, 0.5) is 9.59 Å². The normalized spacial score (nSPS) is 22.6. The van der Waals surface area contributed by atoms with E-state index in [-0.39, 0.29) is 37.3 Å². The molecule has 43 heavy (non-hydrogen) atoms. The highest BCUT2D eigenvalue weighted by atomic mass is 16.6. The van der Waals surface area contributed by atoms with Crippen molar-refractivity contribution in [1.82, 2.24) is 10.2 Å². The summed E-state index contributed by atoms with van der Waals surface area (Å²) in [5.74, 6) is -0.526. The van der Waals surface area contributed by atoms with E-state index in [1.165, 1.54) is 77.0 Å². The van der Waals surface area contributed by atoms with Crippen LogP contribution in [0.15, 0.2) is 11.3 Å². The van der Waals surface area contributed by atoms with Crippen LogP contribution in [0.3, 0.4) is 0 Å². The first-order valence-electron chi connectivity index (χ1n) is 17.6. The standard InChI is InChI=1S/C35H62N2O6/c1-7-10-11-12-13-14-15-16-17-18-19-20-21-23-28-24-22-25-29(43-26(4)5)31(28)32-30(33(38)41-8-2)27(6)36-34(39)37(32)35(40)42-9-3/h26,28-29,31-32H,7-25H2,1-6H3,(H,36,39). The zero-order chi connectivity index (χ0) is 31.6. The summed E-state index contributed by atoms with van der Waals surface area (Å²) in [6.45, 7) is 11.8. The van der Waals surface area contributed by atoms with Crippen molar-refractivity contribution in [1.29, 1.82) is 0 Å². The van der Waals surface area contributed by atoms with Crippen LogP contribution in [0.25, 0.3) is 0 Å². The van der Waals surface area contributed by atoms with Gasteiger partial charge in [0.2, 0.25) is 0 Å².